The van der Waals surface area contributed by atoms with Gasteiger partial charge >= 0.3 is 6.03 Å². The van der Waals surface area contributed by atoms with Crippen LogP contribution < -0.4 is 30.5 Å². The summed E-state index contributed by atoms with van der Waals surface area (Å²) in [6, 6.07) is 7.91. The van der Waals surface area contributed by atoms with Crippen molar-refractivity contribution in [2.75, 3.05) is 72.6 Å². The summed E-state index contributed by atoms with van der Waals surface area (Å²) in [6.07, 6.45) is 2.50. The first-order chi connectivity index (χ1) is 20.1. The van der Waals surface area contributed by atoms with Crippen LogP contribution >= 0.6 is 23.2 Å². The number of carbonyl (C=O) groups is 2. The van der Waals surface area contributed by atoms with Crippen molar-refractivity contribution in [3.8, 4) is 11.5 Å². The molecule has 14 heteroatoms. The Morgan fingerprint density at radius 2 is 1.83 bits per heavy atom. The highest BCUT2D eigenvalue weighted by atomic mass is 35.5. The molecule has 0 saturated carbocycles. The Labute approximate surface area is 253 Å². The van der Waals surface area contributed by atoms with Crippen molar-refractivity contribution in [1.29, 1.82) is 0 Å². The van der Waals surface area contributed by atoms with Gasteiger partial charge in [0, 0.05) is 51.0 Å². The monoisotopic (exact) mass is 614 g/mol. The smallest absolute Gasteiger partial charge is 0.327 e. The molecule has 1 fully saturated rings. The molecule has 3 amide bonds. The van der Waals surface area contributed by atoms with Gasteiger partial charge in [0.15, 0.2) is 0 Å². The molecular formula is C28H32Cl2N8O4. The molecule has 1 aromatic heterocycles. The first-order valence-electron chi connectivity index (χ1n) is 13.1. The van der Waals surface area contributed by atoms with E-state index in [0.717, 1.165) is 38.4 Å². The van der Waals surface area contributed by atoms with Crippen molar-refractivity contribution < 1.29 is 19.4 Å². The van der Waals surface area contributed by atoms with Crippen molar-refractivity contribution in [3.05, 3.63) is 59.4 Å². The molecular weight excluding hydrogens is 583 g/mol. The number of ether oxygens (including phenoxy) is 1. The number of benzene rings is 2. The number of hydrogen-bond donors (Lipinski definition) is 4. The summed E-state index contributed by atoms with van der Waals surface area (Å²) in [5, 5.41) is 18.6. The van der Waals surface area contributed by atoms with Gasteiger partial charge in [-0.3, -0.25) is 9.69 Å². The number of likely N-dealkylation sites (N-methyl/N-ethyl adjacent to an activating group) is 1. The molecule has 0 bridgehead atoms. The summed E-state index contributed by atoms with van der Waals surface area (Å²) in [5.41, 5.74) is 2.10. The van der Waals surface area contributed by atoms with Crippen molar-refractivity contribution in [3.63, 3.8) is 0 Å². The van der Waals surface area contributed by atoms with E-state index in [2.05, 4.69) is 49.2 Å². The number of methoxy groups -OCH3 is 1. The molecule has 12 nitrogen and oxygen atoms in total. The second-order valence-corrected chi connectivity index (χ2v) is 10.1. The highest BCUT2D eigenvalue weighted by Gasteiger charge is 2.22. The molecule has 1 aliphatic rings. The third kappa shape index (κ3) is 6.96. The number of rotatable bonds is 9. The number of anilines is 6. The third-order valence-electron chi connectivity index (χ3n) is 6.79. The number of phenols is 1. The number of nitrogens with one attached hydrogen (secondary N) is 3. The van der Waals surface area contributed by atoms with Crippen molar-refractivity contribution in [2.45, 2.75) is 6.92 Å². The zero-order valence-corrected chi connectivity index (χ0v) is 25.0. The molecule has 222 valence electrons. The fraction of sp³-hybridized carbons (Fsp3) is 0.286. The van der Waals surface area contributed by atoms with Crippen molar-refractivity contribution in [2.24, 2.45) is 0 Å². The summed E-state index contributed by atoms with van der Waals surface area (Å²) >= 11 is 12.5. The van der Waals surface area contributed by atoms with E-state index in [-0.39, 0.29) is 39.0 Å². The molecule has 4 N–H and O–H groups in total. The van der Waals surface area contributed by atoms with E-state index in [1.165, 1.54) is 37.5 Å². The predicted molar refractivity (Wildman–Crippen MR) is 167 cm³/mol. The number of halogens is 2. The number of carbonyl (C=O) groups excluding carboxylic acids is 2. The number of amides is 3. The normalized spacial score (nSPS) is 13.3. The average molecular weight is 616 g/mol. The molecule has 0 spiro atoms. The first-order valence-corrected chi connectivity index (χ1v) is 13.8. The Morgan fingerprint density at radius 1 is 1.10 bits per heavy atom. The number of urea groups is 1. The molecule has 2 aromatic carbocycles. The van der Waals surface area contributed by atoms with Gasteiger partial charge in [0.1, 0.15) is 39.5 Å². The maximum Gasteiger partial charge on any atom is 0.327 e. The zero-order chi connectivity index (χ0) is 30.4. The van der Waals surface area contributed by atoms with Gasteiger partial charge in [-0.1, -0.05) is 36.7 Å². The third-order valence-corrected chi connectivity index (χ3v) is 7.55. The van der Waals surface area contributed by atoms with Crippen LogP contribution in [0.15, 0.2) is 49.3 Å². The van der Waals surface area contributed by atoms with E-state index in [1.54, 1.807) is 6.07 Å². The van der Waals surface area contributed by atoms with E-state index < -0.39 is 6.03 Å². The molecule has 2 heterocycles. The lowest BCUT2D eigenvalue weighted by Gasteiger charge is -2.35. The highest BCUT2D eigenvalue weighted by molar-refractivity contribution is 6.41. The first kappa shape index (κ1) is 30.7. The zero-order valence-electron chi connectivity index (χ0n) is 23.4. The summed E-state index contributed by atoms with van der Waals surface area (Å²) in [5.74, 6) is 0.0860. The van der Waals surface area contributed by atoms with Crippen LogP contribution in [0.4, 0.5) is 39.2 Å². The standard InChI is InChI=1S/C28H32Cl2N8O4/c1-5-24(40)34-19-13-17(38-11-9-37(6-2)10-12-38)7-8-18(19)33-22-15-23(32-16-31-22)36(3)28(41)35-27-25(29)20(39)14-21(42-4)26(27)30/h5,7-8,13-16,39H,1,6,9-12H2,2-4H3,(H,34,40)(H,35,41)(H,31,32,33). The number of aromatic nitrogens is 2. The summed E-state index contributed by atoms with van der Waals surface area (Å²) in [6.45, 7) is 10.4. The van der Waals surface area contributed by atoms with Gasteiger partial charge < -0.3 is 35.6 Å². The number of phenolic OH excluding ortho intramolecular Hbond substituents is 1. The second kappa shape index (κ2) is 13.6. The van der Waals surface area contributed by atoms with Crippen molar-refractivity contribution in [1.82, 2.24) is 14.9 Å². The molecule has 3 aromatic rings. The van der Waals surface area contributed by atoms with Gasteiger partial charge in [-0.15, -0.1) is 0 Å². The van der Waals surface area contributed by atoms with Crippen LogP contribution in [0.5, 0.6) is 11.5 Å². The van der Waals surface area contributed by atoms with E-state index in [4.69, 9.17) is 27.9 Å². The van der Waals surface area contributed by atoms with E-state index in [0.29, 0.717) is 17.2 Å². The van der Waals surface area contributed by atoms with Crippen LogP contribution in [0, 0.1) is 0 Å². The quantitative estimate of drug-likeness (QED) is 0.240. The highest BCUT2D eigenvalue weighted by Crippen LogP contribution is 2.43. The van der Waals surface area contributed by atoms with Gasteiger partial charge in [-0.25, -0.2) is 14.8 Å². The van der Waals surface area contributed by atoms with Gasteiger partial charge in [0.05, 0.1) is 24.2 Å². The molecule has 42 heavy (non-hydrogen) atoms. The Kier molecular flexibility index (Phi) is 9.94. The van der Waals surface area contributed by atoms with Crippen LogP contribution in [0.2, 0.25) is 10.0 Å². The number of hydrogen-bond acceptors (Lipinski definition) is 9. The average Bonchev–Trinajstić information content (AvgIpc) is 3.01. The van der Waals surface area contributed by atoms with E-state index >= 15 is 0 Å². The fourth-order valence-electron chi connectivity index (χ4n) is 4.34. The Hall–Kier alpha value is -4.26. The lowest BCUT2D eigenvalue weighted by molar-refractivity contribution is -0.111. The molecule has 1 aliphatic heterocycles. The van der Waals surface area contributed by atoms with Crippen LogP contribution in [-0.2, 0) is 4.79 Å². The van der Waals surface area contributed by atoms with Crippen LogP contribution in [0.3, 0.4) is 0 Å². The van der Waals surface area contributed by atoms with E-state index in [9.17, 15) is 14.7 Å². The minimum atomic E-state index is -0.637. The van der Waals surface area contributed by atoms with Gasteiger partial charge in [-0.05, 0) is 30.8 Å². The Morgan fingerprint density at radius 3 is 2.50 bits per heavy atom. The van der Waals surface area contributed by atoms with Crippen LogP contribution in [0.1, 0.15) is 6.92 Å². The lowest BCUT2D eigenvalue weighted by Crippen LogP contribution is -2.46. The molecule has 0 aliphatic carbocycles. The van der Waals surface area contributed by atoms with E-state index in [1.807, 2.05) is 18.2 Å². The number of aromatic hydroxyl groups is 1. The molecule has 0 radical (unpaired) electrons. The van der Waals surface area contributed by atoms with Crippen LogP contribution in [0.25, 0.3) is 0 Å². The minimum Gasteiger partial charge on any atom is -0.506 e. The van der Waals surface area contributed by atoms with Gasteiger partial charge in [-0.2, -0.15) is 0 Å². The SMILES string of the molecule is C=CC(=O)Nc1cc(N2CCN(CC)CC2)ccc1Nc1cc(N(C)C(=O)Nc2c(Cl)c(O)cc(OC)c2Cl)ncn1. The van der Waals surface area contributed by atoms with Crippen LogP contribution in [-0.4, -0.2) is 78.8 Å². The number of piperazine rings is 1. The lowest BCUT2D eigenvalue weighted by atomic mass is 10.2. The topological polar surface area (TPSA) is 135 Å². The van der Waals surface area contributed by atoms with Gasteiger partial charge in [0.2, 0.25) is 5.91 Å². The molecule has 1 saturated heterocycles. The molecule has 0 atom stereocenters. The fourth-order valence-corrected chi connectivity index (χ4v) is 4.85. The summed E-state index contributed by atoms with van der Waals surface area (Å²) in [7, 11) is 2.86. The predicted octanol–water partition coefficient (Wildman–Crippen LogP) is 5.18. The molecule has 4 rings (SSSR count). The second-order valence-electron chi connectivity index (χ2n) is 9.32. The van der Waals surface area contributed by atoms with Gasteiger partial charge in [0.25, 0.3) is 0 Å². The van der Waals surface area contributed by atoms with Crippen molar-refractivity contribution >= 4 is 69.5 Å². The molecule has 0 unspecified atom stereocenters. The Balaban J connectivity index is 1.54. The summed E-state index contributed by atoms with van der Waals surface area (Å²) in [4.78, 5) is 39.6. The minimum absolute atomic E-state index is 0.0155. The maximum atomic E-state index is 13.1. The maximum absolute atomic E-state index is 13.1. The summed E-state index contributed by atoms with van der Waals surface area (Å²) < 4.78 is 5.13. The Bertz CT molecular complexity index is 1480. The largest absolute Gasteiger partial charge is 0.506 e. The number of nitrogens with zero attached hydrogens (tertiary/aromatic N) is 5.